The van der Waals surface area contributed by atoms with Crippen LogP contribution in [0.5, 0.6) is 11.5 Å². The molecule has 0 aliphatic rings. The summed E-state index contributed by atoms with van der Waals surface area (Å²) in [4.78, 5) is 4.35. The highest BCUT2D eigenvalue weighted by Gasteiger charge is 2.07. The standard InChI is InChI=1S/C14H17N5O2S/c1-9-18-11(8-22-9)7-21-12-4-3-10(5-13(12)20-2)6-17-19-14(15)16/h3-6,8H,7H2,1-2H3,(H4,15,16,19)/b17-6-. The maximum atomic E-state index is 5.73. The quantitative estimate of drug-likeness (QED) is 0.478. The molecule has 116 valence electrons. The van der Waals surface area contributed by atoms with Gasteiger partial charge in [-0.05, 0) is 30.7 Å². The van der Waals surface area contributed by atoms with E-state index in [-0.39, 0.29) is 5.96 Å². The zero-order chi connectivity index (χ0) is 15.9. The fraction of sp³-hybridized carbons (Fsp3) is 0.214. The summed E-state index contributed by atoms with van der Waals surface area (Å²) in [6.07, 6.45) is 1.52. The van der Waals surface area contributed by atoms with Gasteiger partial charge in [0.25, 0.3) is 0 Å². The lowest BCUT2D eigenvalue weighted by Crippen LogP contribution is -2.21. The zero-order valence-corrected chi connectivity index (χ0v) is 13.1. The van der Waals surface area contributed by atoms with Gasteiger partial charge < -0.3 is 20.9 Å². The number of methoxy groups -OCH3 is 1. The molecule has 4 N–H and O–H groups in total. The van der Waals surface area contributed by atoms with Gasteiger partial charge in [0, 0.05) is 5.38 Å². The number of nitrogens with two attached hydrogens (primary N) is 2. The predicted molar refractivity (Wildman–Crippen MR) is 87.6 cm³/mol. The molecule has 0 radical (unpaired) electrons. The Bertz CT molecular complexity index is 692. The van der Waals surface area contributed by atoms with Crippen molar-refractivity contribution in [3.63, 3.8) is 0 Å². The molecule has 0 aliphatic carbocycles. The number of benzene rings is 1. The van der Waals surface area contributed by atoms with Gasteiger partial charge in [0.1, 0.15) is 6.61 Å². The number of rotatable bonds is 6. The van der Waals surface area contributed by atoms with Crippen molar-refractivity contribution in [1.29, 1.82) is 0 Å². The van der Waals surface area contributed by atoms with Crippen LogP contribution in [0.1, 0.15) is 16.3 Å². The van der Waals surface area contributed by atoms with Crippen LogP contribution in [-0.2, 0) is 6.61 Å². The molecule has 8 heteroatoms. The molecule has 1 aromatic heterocycles. The summed E-state index contributed by atoms with van der Waals surface area (Å²) in [5.41, 5.74) is 12.1. The van der Waals surface area contributed by atoms with E-state index in [1.54, 1.807) is 30.6 Å². The smallest absolute Gasteiger partial charge is 0.211 e. The number of ether oxygens (including phenoxy) is 2. The second-order valence-corrected chi connectivity index (χ2v) is 5.39. The molecule has 0 saturated heterocycles. The minimum atomic E-state index is -0.0956. The zero-order valence-electron chi connectivity index (χ0n) is 12.3. The van der Waals surface area contributed by atoms with Crippen LogP contribution in [0.25, 0.3) is 0 Å². The van der Waals surface area contributed by atoms with Crippen molar-refractivity contribution in [2.24, 2.45) is 21.7 Å². The lowest BCUT2D eigenvalue weighted by Gasteiger charge is -2.10. The Morgan fingerprint density at radius 3 is 2.82 bits per heavy atom. The van der Waals surface area contributed by atoms with Crippen molar-refractivity contribution in [1.82, 2.24) is 4.98 Å². The molecule has 0 spiro atoms. The summed E-state index contributed by atoms with van der Waals surface area (Å²) in [6.45, 7) is 2.35. The van der Waals surface area contributed by atoms with Crippen molar-refractivity contribution in [2.45, 2.75) is 13.5 Å². The van der Waals surface area contributed by atoms with Crippen LogP contribution in [0, 0.1) is 6.92 Å². The van der Waals surface area contributed by atoms with Gasteiger partial charge in [-0.25, -0.2) is 4.98 Å². The van der Waals surface area contributed by atoms with Gasteiger partial charge in [0.15, 0.2) is 11.5 Å². The minimum absolute atomic E-state index is 0.0956. The van der Waals surface area contributed by atoms with Crippen LogP contribution in [0.3, 0.4) is 0 Å². The molecule has 0 fully saturated rings. The van der Waals surface area contributed by atoms with E-state index >= 15 is 0 Å². The number of thiazole rings is 1. The van der Waals surface area contributed by atoms with Crippen LogP contribution < -0.4 is 20.9 Å². The van der Waals surface area contributed by atoms with E-state index in [1.165, 1.54) is 6.21 Å². The molecule has 0 bridgehead atoms. The Morgan fingerprint density at radius 1 is 1.36 bits per heavy atom. The number of nitrogens with zero attached hydrogens (tertiary/aromatic N) is 3. The highest BCUT2D eigenvalue weighted by molar-refractivity contribution is 7.09. The Morgan fingerprint density at radius 2 is 2.18 bits per heavy atom. The number of aryl methyl sites for hydroxylation is 1. The summed E-state index contributed by atoms with van der Waals surface area (Å²) in [5, 5.41) is 10.3. The Kier molecular flexibility index (Phi) is 5.31. The van der Waals surface area contributed by atoms with Gasteiger partial charge in [0.05, 0.1) is 24.0 Å². The second-order valence-electron chi connectivity index (χ2n) is 4.33. The first-order valence-electron chi connectivity index (χ1n) is 6.42. The van der Waals surface area contributed by atoms with Crippen molar-refractivity contribution in [2.75, 3.05) is 7.11 Å². The first kappa shape index (κ1) is 15.8. The molecular weight excluding hydrogens is 302 g/mol. The molecule has 0 aliphatic heterocycles. The van der Waals surface area contributed by atoms with E-state index < -0.39 is 0 Å². The molecule has 0 unspecified atom stereocenters. The van der Waals surface area contributed by atoms with Crippen LogP contribution in [0.15, 0.2) is 33.8 Å². The second kappa shape index (κ2) is 7.41. The molecule has 7 nitrogen and oxygen atoms in total. The third-order valence-electron chi connectivity index (χ3n) is 2.61. The topological polar surface area (TPSA) is 108 Å². The first-order chi connectivity index (χ1) is 10.6. The van der Waals surface area contributed by atoms with Gasteiger partial charge in [-0.2, -0.15) is 5.10 Å². The van der Waals surface area contributed by atoms with E-state index in [0.29, 0.717) is 18.1 Å². The maximum Gasteiger partial charge on any atom is 0.211 e. The summed E-state index contributed by atoms with van der Waals surface area (Å²) in [6, 6.07) is 5.41. The van der Waals surface area contributed by atoms with Crippen LogP contribution >= 0.6 is 11.3 Å². The Hall–Kier alpha value is -2.61. The summed E-state index contributed by atoms with van der Waals surface area (Å²) in [5.74, 6) is 1.13. The summed E-state index contributed by atoms with van der Waals surface area (Å²) < 4.78 is 11.0. The van der Waals surface area contributed by atoms with E-state index in [2.05, 4.69) is 15.2 Å². The molecule has 0 amide bonds. The lowest BCUT2D eigenvalue weighted by molar-refractivity contribution is 0.281. The largest absolute Gasteiger partial charge is 0.493 e. The molecular formula is C14H17N5O2S. The average Bonchev–Trinajstić information content (AvgIpc) is 2.91. The van der Waals surface area contributed by atoms with E-state index in [9.17, 15) is 0 Å². The number of guanidine groups is 1. The van der Waals surface area contributed by atoms with E-state index in [0.717, 1.165) is 16.3 Å². The number of hydrogen-bond donors (Lipinski definition) is 2. The molecule has 0 atom stereocenters. The van der Waals surface area contributed by atoms with Gasteiger partial charge in [0.2, 0.25) is 5.96 Å². The lowest BCUT2D eigenvalue weighted by atomic mass is 10.2. The number of hydrogen-bond acceptors (Lipinski definition) is 6. The predicted octanol–water partition coefficient (Wildman–Crippen LogP) is 1.65. The molecule has 2 rings (SSSR count). The molecule has 1 aromatic carbocycles. The van der Waals surface area contributed by atoms with Crippen LogP contribution in [0.2, 0.25) is 0 Å². The van der Waals surface area contributed by atoms with Crippen molar-refractivity contribution < 1.29 is 9.47 Å². The van der Waals surface area contributed by atoms with E-state index in [1.807, 2.05) is 18.4 Å². The third-order valence-corrected chi connectivity index (χ3v) is 3.43. The Labute approximate surface area is 132 Å². The maximum absolute atomic E-state index is 5.73. The molecule has 22 heavy (non-hydrogen) atoms. The highest BCUT2D eigenvalue weighted by atomic mass is 32.1. The van der Waals surface area contributed by atoms with Crippen molar-refractivity contribution in [3.8, 4) is 11.5 Å². The highest BCUT2D eigenvalue weighted by Crippen LogP contribution is 2.28. The normalized spacial score (nSPS) is 10.6. The Balaban J connectivity index is 2.08. The fourth-order valence-electron chi connectivity index (χ4n) is 1.67. The van der Waals surface area contributed by atoms with Crippen LogP contribution in [-0.4, -0.2) is 24.3 Å². The molecule has 1 heterocycles. The van der Waals surface area contributed by atoms with E-state index in [4.69, 9.17) is 20.9 Å². The first-order valence-corrected chi connectivity index (χ1v) is 7.30. The average molecular weight is 319 g/mol. The number of aromatic nitrogens is 1. The van der Waals surface area contributed by atoms with Gasteiger partial charge in [-0.3, -0.25) is 0 Å². The molecule has 2 aromatic rings. The van der Waals surface area contributed by atoms with Crippen molar-refractivity contribution in [3.05, 3.63) is 39.8 Å². The summed E-state index contributed by atoms with van der Waals surface area (Å²) in [7, 11) is 1.58. The minimum Gasteiger partial charge on any atom is -0.493 e. The fourth-order valence-corrected chi connectivity index (χ4v) is 2.27. The third kappa shape index (κ3) is 4.45. The van der Waals surface area contributed by atoms with Crippen LogP contribution in [0.4, 0.5) is 0 Å². The van der Waals surface area contributed by atoms with Gasteiger partial charge in [-0.15, -0.1) is 16.4 Å². The van der Waals surface area contributed by atoms with Crippen molar-refractivity contribution >= 4 is 23.5 Å². The monoisotopic (exact) mass is 319 g/mol. The van der Waals surface area contributed by atoms with Gasteiger partial charge >= 0.3 is 0 Å². The molecule has 0 saturated carbocycles. The summed E-state index contributed by atoms with van der Waals surface area (Å²) >= 11 is 1.59. The van der Waals surface area contributed by atoms with Gasteiger partial charge in [-0.1, -0.05) is 0 Å². The SMILES string of the molecule is COc1cc(/C=N\N=C(N)N)ccc1OCc1csc(C)n1.